The first kappa shape index (κ1) is 15.9. The summed E-state index contributed by atoms with van der Waals surface area (Å²) in [7, 11) is 0. The van der Waals surface area contributed by atoms with Crippen molar-refractivity contribution in [2.45, 2.75) is 36.9 Å². The van der Waals surface area contributed by atoms with E-state index in [1.54, 1.807) is 18.2 Å². The summed E-state index contributed by atoms with van der Waals surface area (Å²) in [5.74, 6) is -1.37. The molecule has 21 heavy (non-hydrogen) atoms. The molecule has 2 rings (SSSR count). The van der Waals surface area contributed by atoms with Gasteiger partial charge in [-0.25, -0.2) is 4.79 Å². The molecule has 0 aromatic heterocycles. The minimum Gasteiger partial charge on any atom is -0.478 e. The number of hydrogen-bond donors (Lipinski definition) is 2. The van der Waals surface area contributed by atoms with Crippen molar-refractivity contribution in [2.24, 2.45) is 0 Å². The van der Waals surface area contributed by atoms with Gasteiger partial charge in [0.1, 0.15) is 0 Å². The molecule has 5 heteroatoms. The Morgan fingerprint density at radius 1 is 1.19 bits per heavy atom. The molecule has 0 heterocycles. The summed E-state index contributed by atoms with van der Waals surface area (Å²) in [6.45, 7) is 0.598. The third kappa shape index (κ3) is 3.79. The molecule has 0 unspecified atom stereocenters. The quantitative estimate of drug-likeness (QED) is 0.877. The third-order valence-electron chi connectivity index (χ3n) is 4.17. The summed E-state index contributed by atoms with van der Waals surface area (Å²) in [6.07, 6.45) is 7.95. The molecule has 4 nitrogen and oxygen atoms in total. The Morgan fingerprint density at radius 2 is 1.81 bits per heavy atom. The van der Waals surface area contributed by atoms with E-state index in [0.717, 1.165) is 12.8 Å². The summed E-state index contributed by atoms with van der Waals surface area (Å²) in [6, 6.07) is 6.34. The average molecular weight is 307 g/mol. The second kappa shape index (κ2) is 6.98. The van der Waals surface area contributed by atoms with Gasteiger partial charge >= 0.3 is 5.97 Å². The highest BCUT2D eigenvalue weighted by Crippen LogP contribution is 2.38. The Morgan fingerprint density at radius 3 is 2.38 bits per heavy atom. The van der Waals surface area contributed by atoms with Crippen LogP contribution >= 0.6 is 11.8 Å². The zero-order valence-electron chi connectivity index (χ0n) is 12.2. The molecule has 1 saturated carbocycles. The van der Waals surface area contributed by atoms with Crippen molar-refractivity contribution in [1.29, 1.82) is 0 Å². The number of carboxylic acids is 1. The number of amides is 1. The number of aromatic carboxylic acids is 1. The van der Waals surface area contributed by atoms with Gasteiger partial charge in [0.25, 0.3) is 5.91 Å². The van der Waals surface area contributed by atoms with Gasteiger partial charge in [-0.1, -0.05) is 31.4 Å². The van der Waals surface area contributed by atoms with Gasteiger partial charge in [-0.3, -0.25) is 4.79 Å². The van der Waals surface area contributed by atoms with E-state index in [-0.39, 0.29) is 21.8 Å². The van der Waals surface area contributed by atoms with Crippen LogP contribution in [-0.2, 0) is 0 Å². The van der Waals surface area contributed by atoms with Crippen molar-refractivity contribution in [3.8, 4) is 0 Å². The van der Waals surface area contributed by atoms with Crippen LogP contribution in [0.1, 0.15) is 52.8 Å². The van der Waals surface area contributed by atoms with Gasteiger partial charge in [-0.15, -0.1) is 0 Å². The first-order valence-electron chi connectivity index (χ1n) is 7.24. The van der Waals surface area contributed by atoms with Crippen molar-refractivity contribution in [2.75, 3.05) is 12.8 Å². The number of hydrogen-bond acceptors (Lipinski definition) is 3. The molecule has 0 atom stereocenters. The van der Waals surface area contributed by atoms with Crippen LogP contribution in [0.4, 0.5) is 0 Å². The fourth-order valence-electron chi connectivity index (χ4n) is 2.85. The monoisotopic (exact) mass is 307 g/mol. The predicted octanol–water partition coefficient (Wildman–Crippen LogP) is 3.18. The van der Waals surface area contributed by atoms with Crippen LogP contribution in [-0.4, -0.2) is 34.5 Å². The summed E-state index contributed by atoms with van der Waals surface area (Å²) < 4.78 is 0.103. The van der Waals surface area contributed by atoms with Gasteiger partial charge in [0.05, 0.1) is 11.1 Å². The maximum atomic E-state index is 12.3. The highest BCUT2D eigenvalue weighted by atomic mass is 32.2. The molecule has 1 aliphatic carbocycles. The standard InChI is InChI=1S/C16H21NO3S/c1-21-16(9-5-2-6-10-16)11-17-14(18)12-7-3-4-8-13(12)15(19)20/h3-4,7-8H,2,5-6,9-11H2,1H3,(H,17,18)(H,19,20). The van der Waals surface area contributed by atoms with Crippen molar-refractivity contribution in [3.63, 3.8) is 0 Å². The van der Waals surface area contributed by atoms with Crippen molar-refractivity contribution >= 4 is 23.6 Å². The number of rotatable bonds is 5. The minimum absolute atomic E-state index is 0.0526. The van der Waals surface area contributed by atoms with Crippen LogP contribution < -0.4 is 5.32 Å². The second-order valence-electron chi connectivity index (χ2n) is 5.48. The van der Waals surface area contributed by atoms with E-state index in [1.807, 2.05) is 11.8 Å². The lowest BCUT2D eigenvalue weighted by molar-refractivity contribution is 0.0691. The van der Waals surface area contributed by atoms with E-state index >= 15 is 0 Å². The number of benzene rings is 1. The summed E-state index contributed by atoms with van der Waals surface area (Å²) in [5.41, 5.74) is 0.286. The molecule has 2 N–H and O–H groups in total. The van der Waals surface area contributed by atoms with E-state index in [1.165, 1.54) is 25.3 Å². The van der Waals surface area contributed by atoms with E-state index < -0.39 is 5.97 Å². The van der Waals surface area contributed by atoms with Crippen LogP contribution in [0.2, 0.25) is 0 Å². The summed E-state index contributed by atoms with van der Waals surface area (Å²) >= 11 is 1.81. The highest BCUT2D eigenvalue weighted by molar-refractivity contribution is 8.00. The lowest BCUT2D eigenvalue weighted by atomic mass is 9.88. The van der Waals surface area contributed by atoms with E-state index in [4.69, 9.17) is 5.11 Å². The maximum absolute atomic E-state index is 12.3. The molecule has 114 valence electrons. The Hall–Kier alpha value is -1.49. The average Bonchev–Trinajstić information content (AvgIpc) is 2.53. The van der Waals surface area contributed by atoms with E-state index in [2.05, 4.69) is 11.6 Å². The van der Waals surface area contributed by atoms with Gasteiger partial charge in [-0.05, 0) is 31.2 Å². The molecule has 1 aromatic rings. The summed E-state index contributed by atoms with van der Waals surface area (Å²) in [5, 5.41) is 12.1. The number of carboxylic acid groups (broad SMARTS) is 1. The lowest BCUT2D eigenvalue weighted by Gasteiger charge is -2.35. The normalized spacial score (nSPS) is 17.2. The van der Waals surface area contributed by atoms with Gasteiger partial charge in [-0.2, -0.15) is 11.8 Å². The van der Waals surface area contributed by atoms with Crippen LogP contribution in [0, 0.1) is 0 Å². The fourth-order valence-corrected chi connectivity index (χ4v) is 3.77. The van der Waals surface area contributed by atoms with Gasteiger partial charge in [0.15, 0.2) is 0 Å². The number of carbonyl (C=O) groups is 2. The predicted molar refractivity (Wildman–Crippen MR) is 85.1 cm³/mol. The van der Waals surface area contributed by atoms with E-state index in [9.17, 15) is 9.59 Å². The fraction of sp³-hybridized carbons (Fsp3) is 0.500. The Balaban J connectivity index is 2.06. The smallest absolute Gasteiger partial charge is 0.336 e. The molecular formula is C16H21NO3S. The highest BCUT2D eigenvalue weighted by Gasteiger charge is 2.31. The number of nitrogens with one attached hydrogen (secondary N) is 1. The first-order chi connectivity index (χ1) is 10.1. The van der Waals surface area contributed by atoms with Crippen molar-refractivity contribution < 1.29 is 14.7 Å². The molecular weight excluding hydrogens is 286 g/mol. The molecule has 1 aliphatic rings. The molecule has 0 saturated heterocycles. The summed E-state index contributed by atoms with van der Waals surface area (Å²) in [4.78, 5) is 23.5. The van der Waals surface area contributed by atoms with Gasteiger partial charge in [0.2, 0.25) is 0 Å². The minimum atomic E-state index is -1.07. The molecule has 0 aliphatic heterocycles. The topological polar surface area (TPSA) is 66.4 Å². The maximum Gasteiger partial charge on any atom is 0.336 e. The molecule has 1 aromatic carbocycles. The Bertz CT molecular complexity index is 524. The molecule has 1 amide bonds. The van der Waals surface area contributed by atoms with Crippen LogP contribution in [0.15, 0.2) is 24.3 Å². The Labute approximate surface area is 129 Å². The molecule has 1 fully saturated rings. The number of carbonyl (C=O) groups excluding carboxylic acids is 1. The largest absolute Gasteiger partial charge is 0.478 e. The number of thioether (sulfide) groups is 1. The Kier molecular flexibility index (Phi) is 5.28. The van der Waals surface area contributed by atoms with Crippen LogP contribution in [0.5, 0.6) is 0 Å². The molecule has 0 bridgehead atoms. The van der Waals surface area contributed by atoms with Crippen LogP contribution in [0.3, 0.4) is 0 Å². The van der Waals surface area contributed by atoms with Crippen molar-refractivity contribution in [1.82, 2.24) is 5.32 Å². The SMILES string of the molecule is CSC1(CNC(=O)c2ccccc2C(=O)O)CCCCC1. The van der Waals surface area contributed by atoms with Gasteiger partial charge in [0, 0.05) is 11.3 Å². The lowest BCUT2D eigenvalue weighted by Crippen LogP contribution is -2.42. The zero-order chi connectivity index (χ0) is 15.3. The van der Waals surface area contributed by atoms with E-state index in [0.29, 0.717) is 6.54 Å². The van der Waals surface area contributed by atoms with Gasteiger partial charge < -0.3 is 10.4 Å². The second-order valence-corrected chi connectivity index (χ2v) is 6.76. The molecule has 0 radical (unpaired) electrons. The molecule has 0 spiro atoms. The third-order valence-corrected chi connectivity index (χ3v) is 5.59. The zero-order valence-corrected chi connectivity index (χ0v) is 13.0. The first-order valence-corrected chi connectivity index (χ1v) is 8.46. The van der Waals surface area contributed by atoms with Crippen LogP contribution in [0.25, 0.3) is 0 Å². The van der Waals surface area contributed by atoms with Crippen molar-refractivity contribution in [3.05, 3.63) is 35.4 Å².